The van der Waals surface area contributed by atoms with Crippen molar-refractivity contribution in [3.63, 3.8) is 0 Å². The van der Waals surface area contributed by atoms with Gasteiger partial charge in [-0.1, -0.05) is 47.1 Å². The second kappa shape index (κ2) is 13.4. The number of hydrogen-bond donors (Lipinski definition) is 2. The van der Waals surface area contributed by atoms with Gasteiger partial charge in [0, 0.05) is 11.1 Å². The van der Waals surface area contributed by atoms with Crippen LogP contribution in [0.25, 0.3) is 6.08 Å². The molecule has 0 aliphatic rings. The SMILES string of the molecule is COc1c(CC=C(C)C)c(OCC=C(C)C)c(CC=C(C)C)c(O)c1C(=O)/C=C/c1ccc(O)cc1. The van der Waals surface area contributed by atoms with Crippen molar-refractivity contribution in [2.45, 2.75) is 54.4 Å². The number of ketones is 1. The van der Waals surface area contributed by atoms with E-state index < -0.39 is 0 Å². The highest BCUT2D eigenvalue weighted by atomic mass is 16.5. The first kappa shape index (κ1) is 28.5. The number of carbonyl (C=O) groups is 1. The minimum absolute atomic E-state index is 0.108. The highest BCUT2D eigenvalue weighted by Crippen LogP contribution is 2.45. The van der Waals surface area contributed by atoms with E-state index in [0.717, 1.165) is 27.8 Å². The summed E-state index contributed by atoms with van der Waals surface area (Å²) in [7, 11) is 1.50. The lowest BCUT2D eigenvalue weighted by atomic mass is 9.93. The van der Waals surface area contributed by atoms with Crippen molar-refractivity contribution in [3.05, 3.63) is 87.5 Å². The average molecular weight is 491 g/mol. The van der Waals surface area contributed by atoms with Crippen LogP contribution in [-0.4, -0.2) is 29.7 Å². The number of methoxy groups -OCH3 is 1. The quantitative estimate of drug-likeness (QED) is 0.195. The van der Waals surface area contributed by atoms with Crippen LogP contribution < -0.4 is 9.47 Å². The van der Waals surface area contributed by atoms with E-state index in [0.29, 0.717) is 36.5 Å². The number of allylic oxidation sites excluding steroid dienone is 6. The first-order chi connectivity index (χ1) is 17.0. The van der Waals surface area contributed by atoms with Gasteiger partial charge >= 0.3 is 0 Å². The van der Waals surface area contributed by atoms with Gasteiger partial charge in [0.25, 0.3) is 0 Å². The van der Waals surface area contributed by atoms with Crippen LogP contribution in [0.4, 0.5) is 0 Å². The monoisotopic (exact) mass is 490 g/mol. The van der Waals surface area contributed by atoms with Crippen molar-refractivity contribution >= 4 is 11.9 Å². The predicted molar refractivity (Wildman–Crippen MR) is 147 cm³/mol. The van der Waals surface area contributed by atoms with Gasteiger partial charge in [0.1, 0.15) is 35.2 Å². The van der Waals surface area contributed by atoms with E-state index in [1.54, 1.807) is 30.3 Å². The largest absolute Gasteiger partial charge is 0.508 e. The average Bonchev–Trinajstić information content (AvgIpc) is 2.81. The lowest BCUT2D eigenvalue weighted by Crippen LogP contribution is -2.10. The molecule has 5 heteroatoms. The van der Waals surface area contributed by atoms with Gasteiger partial charge in [-0.25, -0.2) is 0 Å². The molecular formula is C31H38O5. The Labute approximate surface area is 215 Å². The molecule has 0 aliphatic carbocycles. The zero-order valence-corrected chi connectivity index (χ0v) is 22.4. The second-order valence-corrected chi connectivity index (χ2v) is 9.40. The van der Waals surface area contributed by atoms with Crippen LogP contribution in [0.1, 0.15) is 68.6 Å². The van der Waals surface area contributed by atoms with Crippen LogP contribution in [0.15, 0.2) is 65.3 Å². The molecule has 36 heavy (non-hydrogen) atoms. The summed E-state index contributed by atoms with van der Waals surface area (Å²) >= 11 is 0. The summed E-state index contributed by atoms with van der Waals surface area (Å²) < 4.78 is 12.0. The number of rotatable bonds is 11. The highest BCUT2D eigenvalue weighted by Gasteiger charge is 2.27. The molecule has 2 aromatic carbocycles. The van der Waals surface area contributed by atoms with Crippen LogP contribution >= 0.6 is 0 Å². The maximum atomic E-state index is 13.4. The van der Waals surface area contributed by atoms with Crippen LogP contribution in [0.5, 0.6) is 23.0 Å². The van der Waals surface area contributed by atoms with Crippen molar-refractivity contribution in [1.82, 2.24) is 0 Å². The van der Waals surface area contributed by atoms with Gasteiger partial charge in [0.05, 0.1) is 7.11 Å². The van der Waals surface area contributed by atoms with E-state index in [1.165, 1.54) is 13.2 Å². The molecule has 0 amide bonds. The van der Waals surface area contributed by atoms with E-state index in [1.807, 2.05) is 59.8 Å². The predicted octanol–water partition coefficient (Wildman–Crippen LogP) is 7.36. The maximum absolute atomic E-state index is 13.4. The van der Waals surface area contributed by atoms with Gasteiger partial charge in [-0.3, -0.25) is 4.79 Å². The number of aromatic hydroxyl groups is 2. The molecule has 192 valence electrons. The van der Waals surface area contributed by atoms with Crippen LogP contribution in [0, 0.1) is 0 Å². The number of hydrogen-bond acceptors (Lipinski definition) is 5. The summed E-state index contributed by atoms with van der Waals surface area (Å²) in [5.41, 5.74) is 5.45. The van der Waals surface area contributed by atoms with Crippen LogP contribution in [-0.2, 0) is 12.8 Å². The summed E-state index contributed by atoms with van der Waals surface area (Å²) in [5.74, 6) is 0.465. The molecule has 0 saturated heterocycles. The van der Waals surface area contributed by atoms with Gasteiger partial charge in [0.2, 0.25) is 0 Å². The molecule has 2 N–H and O–H groups in total. The standard InChI is InChI=1S/C31H38O5/c1-20(2)8-15-25-29(34)28(27(33)17-12-23-10-13-24(32)14-11-23)31(35-7)26(16-9-21(3)4)30(25)36-19-18-22(5)6/h8-14,17-18,32,34H,15-16,19H2,1-7H3/b17-12+. The Morgan fingerprint density at radius 3 is 1.89 bits per heavy atom. The summed E-state index contributed by atoms with van der Waals surface area (Å²) in [6, 6.07) is 6.51. The highest BCUT2D eigenvalue weighted by molar-refractivity contribution is 6.11. The smallest absolute Gasteiger partial charge is 0.193 e. The number of phenolic OH excluding ortho intramolecular Hbond substituents is 2. The number of ether oxygens (including phenoxy) is 2. The maximum Gasteiger partial charge on any atom is 0.193 e. The van der Waals surface area contributed by atoms with Gasteiger partial charge in [0.15, 0.2) is 5.78 Å². The number of phenols is 2. The lowest BCUT2D eigenvalue weighted by Gasteiger charge is -2.22. The Hall–Kier alpha value is -3.73. The third-order valence-electron chi connectivity index (χ3n) is 5.49. The van der Waals surface area contributed by atoms with E-state index in [9.17, 15) is 15.0 Å². The van der Waals surface area contributed by atoms with Crippen molar-refractivity contribution in [3.8, 4) is 23.0 Å². The van der Waals surface area contributed by atoms with Gasteiger partial charge in [-0.15, -0.1) is 0 Å². The molecule has 0 heterocycles. The molecule has 2 aromatic rings. The minimum Gasteiger partial charge on any atom is -0.508 e. The summed E-state index contributed by atoms with van der Waals surface area (Å²) in [4.78, 5) is 13.4. The zero-order valence-electron chi connectivity index (χ0n) is 22.4. The zero-order chi connectivity index (χ0) is 26.8. The summed E-state index contributed by atoms with van der Waals surface area (Å²) in [5, 5.41) is 20.9. The molecule has 0 aliphatic heterocycles. The number of benzene rings is 2. The number of carbonyl (C=O) groups excluding carboxylic acids is 1. The van der Waals surface area contributed by atoms with E-state index in [-0.39, 0.29) is 22.8 Å². The fourth-order valence-electron chi connectivity index (χ4n) is 3.55. The Kier molecular flexibility index (Phi) is 10.6. The van der Waals surface area contributed by atoms with Gasteiger partial charge in [-0.05, 0) is 84.2 Å². The van der Waals surface area contributed by atoms with Gasteiger partial charge in [-0.2, -0.15) is 0 Å². The Balaban J connectivity index is 2.75. The molecule has 0 saturated carbocycles. The first-order valence-electron chi connectivity index (χ1n) is 12.0. The third kappa shape index (κ3) is 7.91. The van der Waals surface area contributed by atoms with Crippen molar-refractivity contribution in [1.29, 1.82) is 0 Å². The van der Waals surface area contributed by atoms with Crippen LogP contribution in [0.2, 0.25) is 0 Å². The molecule has 0 radical (unpaired) electrons. The normalized spacial score (nSPS) is 10.6. The molecule has 0 atom stereocenters. The van der Waals surface area contributed by atoms with Gasteiger partial charge < -0.3 is 19.7 Å². The van der Waals surface area contributed by atoms with E-state index >= 15 is 0 Å². The van der Waals surface area contributed by atoms with E-state index in [2.05, 4.69) is 0 Å². The van der Waals surface area contributed by atoms with Crippen molar-refractivity contribution < 1.29 is 24.5 Å². The molecule has 2 rings (SSSR count). The lowest BCUT2D eigenvalue weighted by molar-refractivity contribution is 0.104. The summed E-state index contributed by atoms with van der Waals surface area (Å²) in [6.45, 7) is 12.3. The molecule has 0 bridgehead atoms. The Morgan fingerprint density at radius 2 is 1.36 bits per heavy atom. The third-order valence-corrected chi connectivity index (χ3v) is 5.49. The molecule has 5 nitrogen and oxygen atoms in total. The molecule has 0 unspecified atom stereocenters. The molecule has 0 fully saturated rings. The fourth-order valence-corrected chi connectivity index (χ4v) is 3.55. The van der Waals surface area contributed by atoms with E-state index in [4.69, 9.17) is 9.47 Å². The Morgan fingerprint density at radius 1 is 0.806 bits per heavy atom. The first-order valence-corrected chi connectivity index (χ1v) is 12.0. The summed E-state index contributed by atoms with van der Waals surface area (Å²) in [6.07, 6.45) is 9.97. The minimum atomic E-state index is -0.384. The fraction of sp³-hybridized carbons (Fsp3) is 0.323. The molecule has 0 aromatic heterocycles. The molecular weight excluding hydrogens is 452 g/mol. The Bertz CT molecular complexity index is 1180. The van der Waals surface area contributed by atoms with Crippen molar-refractivity contribution in [2.24, 2.45) is 0 Å². The topological polar surface area (TPSA) is 76.0 Å². The second-order valence-electron chi connectivity index (χ2n) is 9.40. The van der Waals surface area contributed by atoms with Crippen molar-refractivity contribution in [2.75, 3.05) is 13.7 Å². The van der Waals surface area contributed by atoms with Crippen LogP contribution in [0.3, 0.4) is 0 Å². The molecule has 0 spiro atoms.